The lowest BCUT2D eigenvalue weighted by Gasteiger charge is -2.01. The van der Waals surface area contributed by atoms with Crippen LogP contribution >= 0.6 is 11.3 Å². The van der Waals surface area contributed by atoms with Crippen LogP contribution in [0.1, 0.15) is 17.4 Å². The van der Waals surface area contributed by atoms with Crippen molar-refractivity contribution < 1.29 is 8.42 Å². The van der Waals surface area contributed by atoms with E-state index >= 15 is 0 Å². The zero-order valence-electron chi connectivity index (χ0n) is 7.70. The molecule has 0 unspecified atom stereocenters. The Morgan fingerprint density at radius 1 is 1.54 bits per heavy atom. The molecule has 5 heteroatoms. The third kappa shape index (κ3) is 3.46. The Bertz CT molecular complexity index is 367. The fourth-order valence-electron chi connectivity index (χ4n) is 1.03. The molecule has 0 bridgehead atoms. The summed E-state index contributed by atoms with van der Waals surface area (Å²) in [7, 11) is -3.07. The number of sulfonamides is 1. The van der Waals surface area contributed by atoms with Crippen LogP contribution in [-0.2, 0) is 23.0 Å². The smallest absolute Gasteiger partial charge is 0.209 e. The van der Waals surface area contributed by atoms with Gasteiger partial charge in [-0.1, -0.05) is 6.92 Å². The summed E-state index contributed by atoms with van der Waals surface area (Å²) in [4.78, 5) is 1.10. The highest BCUT2D eigenvalue weighted by Gasteiger charge is 2.05. The van der Waals surface area contributed by atoms with Crippen LogP contribution in [0.25, 0.3) is 0 Å². The average Bonchev–Trinajstić information content (AvgIpc) is 2.46. The van der Waals surface area contributed by atoms with Crippen LogP contribution in [0.2, 0.25) is 0 Å². The Morgan fingerprint density at radius 3 is 2.77 bits per heavy atom. The number of aryl methyl sites for hydroxylation is 1. The van der Waals surface area contributed by atoms with Gasteiger partial charge >= 0.3 is 0 Å². The average molecular weight is 219 g/mol. The summed E-state index contributed by atoms with van der Waals surface area (Å²) in [5.74, 6) is 0. The van der Waals surface area contributed by atoms with Gasteiger partial charge in [0.25, 0.3) is 0 Å². The predicted octanol–water partition coefficient (Wildman–Crippen LogP) is 1.36. The van der Waals surface area contributed by atoms with Crippen LogP contribution in [0.5, 0.6) is 0 Å². The maximum Gasteiger partial charge on any atom is 0.209 e. The number of hydrogen-bond donors (Lipinski definition) is 1. The van der Waals surface area contributed by atoms with E-state index in [9.17, 15) is 8.42 Å². The molecule has 0 aliphatic heterocycles. The van der Waals surface area contributed by atoms with Crippen molar-refractivity contribution >= 4 is 21.4 Å². The Morgan fingerprint density at radius 2 is 2.23 bits per heavy atom. The Kier molecular flexibility index (Phi) is 3.47. The molecule has 0 fully saturated rings. The van der Waals surface area contributed by atoms with E-state index in [0.29, 0.717) is 6.54 Å². The van der Waals surface area contributed by atoms with E-state index in [1.165, 1.54) is 11.8 Å². The molecule has 0 atom stereocenters. The van der Waals surface area contributed by atoms with Crippen LogP contribution in [0, 0.1) is 0 Å². The zero-order valence-corrected chi connectivity index (χ0v) is 9.33. The zero-order chi connectivity index (χ0) is 9.90. The first kappa shape index (κ1) is 10.7. The van der Waals surface area contributed by atoms with Crippen molar-refractivity contribution in [3.05, 3.63) is 21.9 Å². The van der Waals surface area contributed by atoms with Crippen LogP contribution in [0.15, 0.2) is 11.4 Å². The van der Waals surface area contributed by atoms with Gasteiger partial charge in [-0.2, -0.15) is 0 Å². The molecule has 0 saturated carbocycles. The Hall–Kier alpha value is -0.390. The quantitative estimate of drug-likeness (QED) is 0.831. The van der Waals surface area contributed by atoms with Gasteiger partial charge in [-0.15, -0.1) is 11.3 Å². The van der Waals surface area contributed by atoms with E-state index in [2.05, 4.69) is 11.6 Å². The maximum absolute atomic E-state index is 10.8. The van der Waals surface area contributed by atoms with Crippen LogP contribution in [0.3, 0.4) is 0 Å². The molecule has 0 aromatic carbocycles. The molecule has 13 heavy (non-hydrogen) atoms. The van der Waals surface area contributed by atoms with Gasteiger partial charge in [-0.25, -0.2) is 13.1 Å². The van der Waals surface area contributed by atoms with Gasteiger partial charge in [0.2, 0.25) is 10.0 Å². The summed E-state index contributed by atoms with van der Waals surface area (Å²) in [6, 6.07) is 2.03. The standard InChI is InChI=1S/C8H13NO2S2/c1-3-7-4-5-12-8(7)6-9-13(2,10)11/h4-5,9H,3,6H2,1-2H3. The lowest BCUT2D eigenvalue weighted by molar-refractivity contribution is 0.588. The molecule has 3 nitrogen and oxygen atoms in total. The first-order chi connectivity index (χ1) is 6.03. The van der Waals surface area contributed by atoms with Crippen molar-refractivity contribution in [1.82, 2.24) is 4.72 Å². The lowest BCUT2D eigenvalue weighted by Crippen LogP contribution is -2.21. The van der Waals surface area contributed by atoms with Crippen molar-refractivity contribution in [3.8, 4) is 0 Å². The highest BCUT2D eigenvalue weighted by atomic mass is 32.2. The third-order valence-electron chi connectivity index (χ3n) is 1.71. The largest absolute Gasteiger partial charge is 0.213 e. The van der Waals surface area contributed by atoms with E-state index in [0.717, 1.165) is 11.3 Å². The number of hydrogen-bond acceptors (Lipinski definition) is 3. The minimum atomic E-state index is -3.07. The summed E-state index contributed by atoms with van der Waals surface area (Å²) >= 11 is 1.59. The summed E-state index contributed by atoms with van der Waals surface area (Å²) in [5.41, 5.74) is 1.22. The van der Waals surface area contributed by atoms with Gasteiger partial charge in [0.1, 0.15) is 0 Å². The first-order valence-corrected chi connectivity index (χ1v) is 6.80. The fraction of sp³-hybridized carbons (Fsp3) is 0.500. The molecule has 74 valence electrons. The van der Waals surface area contributed by atoms with Crippen molar-refractivity contribution in [2.75, 3.05) is 6.26 Å². The molecule has 1 rings (SSSR count). The van der Waals surface area contributed by atoms with Gasteiger partial charge in [0.15, 0.2) is 0 Å². The van der Waals surface area contributed by atoms with Gasteiger partial charge in [-0.3, -0.25) is 0 Å². The monoisotopic (exact) mass is 219 g/mol. The molecule has 1 heterocycles. The lowest BCUT2D eigenvalue weighted by atomic mass is 10.2. The van der Waals surface area contributed by atoms with E-state index in [-0.39, 0.29) is 0 Å². The molecular weight excluding hydrogens is 206 g/mol. The third-order valence-corrected chi connectivity index (χ3v) is 3.35. The molecule has 0 radical (unpaired) electrons. The summed E-state index contributed by atoms with van der Waals surface area (Å²) < 4.78 is 24.1. The van der Waals surface area contributed by atoms with E-state index < -0.39 is 10.0 Å². The second-order valence-electron chi connectivity index (χ2n) is 2.82. The number of rotatable bonds is 4. The second kappa shape index (κ2) is 4.21. The minimum Gasteiger partial charge on any atom is -0.213 e. The first-order valence-electron chi connectivity index (χ1n) is 4.03. The van der Waals surface area contributed by atoms with Crippen molar-refractivity contribution in [2.45, 2.75) is 19.9 Å². The SMILES string of the molecule is CCc1ccsc1CNS(C)(=O)=O. The minimum absolute atomic E-state index is 0.416. The molecule has 0 amide bonds. The van der Waals surface area contributed by atoms with Gasteiger partial charge < -0.3 is 0 Å². The van der Waals surface area contributed by atoms with Crippen LogP contribution in [-0.4, -0.2) is 14.7 Å². The van der Waals surface area contributed by atoms with Gasteiger partial charge in [0.05, 0.1) is 6.26 Å². The maximum atomic E-state index is 10.8. The van der Waals surface area contributed by atoms with E-state index in [1.54, 1.807) is 11.3 Å². The summed E-state index contributed by atoms with van der Waals surface area (Å²) in [6.45, 7) is 2.48. The summed E-state index contributed by atoms with van der Waals surface area (Å²) in [6.07, 6.45) is 2.12. The highest BCUT2D eigenvalue weighted by molar-refractivity contribution is 7.88. The van der Waals surface area contributed by atoms with E-state index in [4.69, 9.17) is 0 Å². The Labute approximate surface area is 82.8 Å². The van der Waals surface area contributed by atoms with Gasteiger partial charge in [0, 0.05) is 11.4 Å². The molecular formula is C8H13NO2S2. The highest BCUT2D eigenvalue weighted by Crippen LogP contribution is 2.16. The molecule has 1 aromatic rings. The predicted molar refractivity (Wildman–Crippen MR) is 55.4 cm³/mol. The molecule has 1 N–H and O–H groups in total. The normalized spacial score (nSPS) is 11.8. The van der Waals surface area contributed by atoms with Crippen molar-refractivity contribution in [2.24, 2.45) is 0 Å². The molecule has 0 saturated heterocycles. The summed E-state index contributed by atoms with van der Waals surface area (Å²) in [5, 5.41) is 1.98. The number of thiophene rings is 1. The van der Waals surface area contributed by atoms with Gasteiger partial charge in [-0.05, 0) is 23.4 Å². The second-order valence-corrected chi connectivity index (χ2v) is 5.65. The van der Waals surface area contributed by atoms with Crippen LogP contribution < -0.4 is 4.72 Å². The molecule has 0 aliphatic rings. The molecule has 0 aliphatic carbocycles. The van der Waals surface area contributed by atoms with E-state index in [1.807, 2.05) is 11.4 Å². The van der Waals surface area contributed by atoms with Crippen molar-refractivity contribution in [3.63, 3.8) is 0 Å². The topological polar surface area (TPSA) is 46.2 Å². The van der Waals surface area contributed by atoms with Crippen LogP contribution in [0.4, 0.5) is 0 Å². The molecule has 1 aromatic heterocycles. The fourth-order valence-corrected chi connectivity index (χ4v) is 2.45. The Balaban J connectivity index is 2.64. The molecule has 0 spiro atoms. The van der Waals surface area contributed by atoms with Crippen molar-refractivity contribution in [1.29, 1.82) is 0 Å². The number of nitrogens with one attached hydrogen (secondary N) is 1.